The number of nitrogens with one attached hydrogen (secondary N) is 1. The summed E-state index contributed by atoms with van der Waals surface area (Å²) in [5, 5.41) is 2.58. The van der Waals surface area contributed by atoms with E-state index in [0.29, 0.717) is 37.8 Å². The minimum atomic E-state index is -0.789. The quantitative estimate of drug-likeness (QED) is 0.789. The molecule has 23 heavy (non-hydrogen) atoms. The van der Waals surface area contributed by atoms with Gasteiger partial charge in [-0.3, -0.25) is 4.79 Å². The average Bonchev–Trinajstić information content (AvgIpc) is 2.51. The first-order chi connectivity index (χ1) is 11.0. The van der Waals surface area contributed by atoms with Gasteiger partial charge >= 0.3 is 0 Å². The summed E-state index contributed by atoms with van der Waals surface area (Å²) in [4.78, 5) is 11.7. The van der Waals surface area contributed by atoms with Crippen molar-refractivity contribution in [3.8, 4) is 5.75 Å². The first-order valence-corrected chi connectivity index (χ1v) is 7.17. The predicted molar refractivity (Wildman–Crippen MR) is 79.8 cm³/mol. The Hall–Kier alpha value is -2.50. The van der Waals surface area contributed by atoms with Gasteiger partial charge in [-0.05, 0) is 49.2 Å². The van der Waals surface area contributed by atoms with Crippen LogP contribution < -0.4 is 10.1 Å². The number of halogens is 3. The standard InChI is InChI=1S/C17H16F3NO2/c18-13-3-5-16(6-4-13)23-8-2-1-7-21-17(22)12-9-14(19)11-15(20)10-12/h3-6,9-11H,1-2,7-8H2,(H,21,22). The highest BCUT2D eigenvalue weighted by atomic mass is 19.1. The van der Waals surface area contributed by atoms with Crippen molar-refractivity contribution in [3.63, 3.8) is 0 Å². The van der Waals surface area contributed by atoms with Crippen LogP contribution in [0.3, 0.4) is 0 Å². The van der Waals surface area contributed by atoms with Gasteiger partial charge in [0, 0.05) is 18.2 Å². The number of hydrogen-bond donors (Lipinski definition) is 1. The number of ether oxygens (including phenoxy) is 1. The monoisotopic (exact) mass is 323 g/mol. The highest BCUT2D eigenvalue weighted by Gasteiger charge is 2.08. The third kappa shape index (κ3) is 5.65. The number of carbonyl (C=O) groups is 1. The van der Waals surface area contributed by atoms with Crippen LogP contribution in [0.5, 0.6) is 5.75 Å². The van der Waals surface area contributed by atoms with Crippen LogP contribution in [0, 0.1) is 17.5 Å². The second-order valence-electron chi connectivity index (χ2n) is 4.92. The van der Waals surface area contributed by atoms with Crippen LogP contribution in [0.2, 0.25) is 0 Å². The van der Waals surface area contributed by atoms with E-state index >= 15 is 0 Å². The second-order valence-corrected chi connectivity index (χ2v) is 4.92. The lowest BCUT2D eigenvalue weighted by Gasteiger charge is -2.07. The number of carbonyl (C=O) groups excluding carboxylic acids is 1. The Morgan fingerprint density at radius 1 is 0.913 bits per heavy atom. The molecular formula is C17H16F3NO2. The van der Waals surface area contributed by atoms with Crippen molar-refractivity contribution in [1.82, 2.24) is 5.32 Å². The van der Waals surface area contributed by atoms with Gasteiger partial charge < -0.3 is 10.1 Å². The smallest absolute Gasteiger partial charge is 0.251 e. The molecule has 0 heterocycles. The van der Waals surface area contributed by atoms with Crippen molar-refractivity contribution in [2.45, 2.75) is 12.8 Å². The number of rotatable bonds is 7. The van der Waals surface area contributed by atoms with E-state index in [0.717, 1.165) is 12.1 Å². The van der Waals surface area contributed by atoms with Crippen molar-refractivity contribution in [2.75, 3.05) is 13.2 Å². The fraction of sp³-hybridized carbons (Fsp3) is 0.235. The van der Waals surface area contributed by atoms with Crippen LogP contribution in [-0.4, -0.2) is 19.1 Å². The van der Waals surface area contributed by atoms with Crippen LogP contribution in [0.25, 0.3) is 0 Å². The molecule has 0 saturated heterocycles. The molecule has 0 aliphatic heterocycles. The molecular weight excluding hydrogens is 307 g/mol. The molecule has 0 fully saturated rings. The number of unbranched alkanes of at least 4 members (excludes halogenated alkanes) is 1. The highest BCUT2D eigenvalue weighted by Crippen LogP contribution is 2.11. The van der Waals surface area contributed by atoms with Gasteiger partial charge in [-0.25, -0.2) is 13.2 Å². The number of hydrogen-bond acceptors (Lipinski definition) is 2. The summed E-state index contributed by atoms with van der Waals surface area (Å²) in [6.45, 7) is 0.792. The van der Waals surface area contributed by atoms with Crippen molar-refractivity contribution in [1.29, 1.82) is 0 Å². The molecule has 3 nitrogen and oxygen atoms in total. The summed E-state index contributed by atoms with van der Waals surface area (Å²) in [5.41, 5.74) is -0.0509. The second kappa shape index (κ2) is 8.22. The molecule has 2 aromatic rings. The maximum Gasteiger partial charge on any atom is 0.251 e. The molecule has 0 bridgehead atoms. The minimum absolute atomic E-state index is 0.0509. The van der Waals surface area contributed by atoms with Gasteiger partial charge in [-0.2, -0.15) is 0 Å². The molecule has 0 atom stereocenters. The van der Waals surface area contributed by atoms with Gasteiger partial charge in [0.2, 0.25) is 0 Å². The molecule has 2 aromatic carbocycles. The van der Waals surface area contributed by atoms with E-state index in [1.54, 1.807) is 0 Å². The molecule has 0 spiro atoms. The van der Waals surface area contributed by atoms with Gasteiger partial charge in [0.1, 0.15) is 23.2 Å². The van der Waals surface area contributed by atoms with Gasteiger partial charge in [0.25, 0.3) is 5.91 Å². The van der Waals surface area contributed by atoms with Crippen molar-refractivity contribution in [2.24, 2.45) is 0 Å². The van der Waals surface area contributed by atoms with Crippen LogP contribution in [0.15, 0.2) is 42.5 Å². The fourth-order valence-electron chi connectivity index (χ4n) is 1.94. The average molecular weight is 323 g/mol. The van der Waals surface area contributed by atoms with Gasteiger partial charge in [-0.15, -0.1) is 0 Å². The summed E-state index contributed by atoms with van der Waals surface area (Å²) in [5.74, 6) is -1.85. The molecule has 0 unspecified atom stereocenters. The van der Waals surface area contributed by atoms with E-state index in [1.165, 1.54) is 24.3 Å². The van der Waals surface area contributed by atoms with E-state index in [-0.39, 0.29) is 11.4 Å². The van der Waals surface area contributed by atoms with Gasteiger partial charge in [0.15, 0.2) is 0 Å². The Kier molecular flexibility index (Phi) is 6.02. The molecule has 2 rings (SSSR count). The van der Waals surface area contributed by atoms with Gasteiger partial charge in [-0.1, -0.05) is 0 Å². The highest BCUT2D eigenvalue weighted by molar-refractivity contribution is 5.94. The lowest BCUT2D eigenvalue weighted by atomic mass is 10.2. The van der Waals surface area contributed by atoms with Crippen LogP contribution in [0.4, 0.5) is 13.2 Å². The SMILES string of the molecule is O=C(NCCCCOc1ccc(F)cc1)c1cc(F)cc(F)c1. The number of amides is 1. The molecule has 1 N–H and O–H groups in total. The van der Waals surface area contributed by atoms with Crippen molar-refractivity contribution < 1.29 is 22.7 Å². The first kappa shape index (κ1) is 16.9. The summed E-state index contributed by atoms with van der Waals surface area (Å²) in [6.07, 6.45) is 1.32. The van der Waals surface area contributed by atoms with Crippen molar-refractivity contribution in [3.05, 3.63) is 65.5 Å². The lowest BCUT2D eigenvalue weighted by molar-refractivity contribution is 0.0951. The molecule has 0 radical (unpaired) electrons. The topological polar surface area (TPSA) is 38.3 Å². The van der Waals surface area contributed by atoms with E-state index in [1.807, 2.05) is 0 Å². The van der Waals surface area contributed by atoms with Gasteiger partial charge in [0.05, 0.1) is 6.61 Å². The van der Waals surface area contributed by atoms with Crippen LogP contribution >= 0.6 is 0 Å². The minimum Gasteiger partial charge on any atom is -0.494 e. The molecule has 0 aliphatic carbocycles. The Bertz CT molecular complexity index is 639. The lowest BCUT2D eigenvalue weighted by Crippen LogP contribution is -2.25. The maximum absolute atomic E-state index is 13.0. The fourth-order valence-corrected chi connectivity index (χ4v) is 1.94. The third-order valence-corrected chi connectivity index (χ3v) is 3.06. The molecule has 0 saturated carbocycles. The zero-order valence-electron chi connectivity index (χ0n) is 12.3. The van der Waals surface area contributed by atoms with Crippen molar-refractivity contribution >= 4 is 5.91 Å². The normalized spacial score (nSPS) is 10.4. The number of benzene rings is 2. The van der Waals surface area contributed by atoms with E-state index in [9.17, 15) is 18.0 Å². The summed E-state index contributed by atoms with van der Waals surface area (Å²) >= 11 is 0. The largest absolute Gasteiger partial charge is 0.494 e. The van der Waals surface area contributed by atoms with Crippen LogP contribution in [-0.2, 0) is 0 Å². The van der Waals surface area contributed by atoms with E-state index in [2.05, 4.69) is 5.32 Å². The van der Waals surface area contributed by atoms with E-state index < -0.39 is 17.5 Å². The molecule has 0 aliphatic rings. The zero-order valence-corrected chi connectivity index (χ0v) is 12.3. The molecule has 6 heteroatoms. The molecule has 122 valence electrons. The molecule has 0 aromatic heterocycles. The third-order valence-electron chi connectivity index (χ3n) is 3.06. The maximum atomic E-state index is 13.0. The Morgan fingerprint density at radius 3 is 2.22 bits per heavy atom. The zero-order chi connectivity index (χ0) is 16.7. The predicted octanol–water partition coefficient (Wildman–Crippen LogP) is 3.69. The Morgan fingerprint density at radius 2 is 1.57 bits per heavy atom. The summed E-state index contributed by atoms with van der Waals surface area (Å²) in [7, 11) is 0. The summed E-state index contributed by atoms with van der Waals surface area (Å²) in [6, 6.07) is 8.38. The summed E-state index contributed by atoms with van der Waals surface area (Å²) < 4.78 is 44.1. The Labute approximate surface area is 132 Å². The van der Waals surface area contributed by atoms with Crippen LogP contribution in [0.1, 0.15) is 23.2 Å². The Balaban J connectivity index is 1.65. The first-order valence-electron chi connectivity index (χ1n) is 7.17. The van der Waals surface area contributed by atoms with E-state index in [4.69, 9.17) is 4.74 Å². The molecule has 1 amide bonds.